The molecular formula is C14H10O2. The van der Waals surface area contributed by atoms with E-state index in [-0.39, 0.29) is 5.75 Å². The second-order valence-electron chi connectivity index (χ2n) is 3.68. The second-order valence-corrected chi connectivity index (χ2v) is 3.68. The van der Waals surface area contributed by atoms with Crippen molar-refractivity contribution in [2.75, 3.05) is 0 Å². The van der Waals surface area contributed by atoms with Gasteiger partial charge in [0.25, 0.3) is 0 Å². The maximum Gasteiger partial charge on any atom is 0.212 e. The summed E-state index contributed by atoms with van der Waals surface area (Å²) >= 11 is 0. The van der Waals surface area contributed by atoms with Crippen molar-refractivity contribution in [3.63, 3.8) is 0 Å². The minimum absolute atomic E-state index is 0.215. The van der Waals surface area contributed by atoms with E-state index in [4.69, 9.17) is 4.74 Å². The predicted octanol–water partition coefficient (Wildman–Crippen LogP) is 3.67. The Bertz CT molecular complexity index is 556. The number of benzene rings is 2. The molecule has 1 aliphatic rings. The summed E-state index contributed by atoms with van der Waals surface area (Å²) in [7, 11) is 0. The summed E-state index contributed by atoms with van der Waals surface area (Å²) in [6.45, 7) is 0. The fourth-order valence-electron chi connectivity index (χ4n) is 1.64. The van der Waals surface area contributed by atoms with Gasteiger partial charge in [-0.3, -0.25) is 0 Å². The smallest absolute Gasteiger partial charge is 0.212 e. The van der Waals surface area contributed by atoms with Crippen LogP contribution in [0.4, 0.5) is 0 Å². The maximum atomic E-state index is 9.33. The summed E-state index contributed by atoms with van der Waals surface area (Å²) in [6.07, 6.45) is 4.01. The van der Waals surface area contributed by atoms with Gasteiger partial charge in [-0.25, -0.2) is 0 Å². The molecule has 2 heteroatoms. The van der Waals surface area contributed by atoms with Gasteiger partial charge >= 0.3 is 0 Å². The first-order chi connectivity index (χ1) is 7.84. The molecular weight excluding hydrogens is 200 g/mol. The quantitative estimate of drug-likeness (QED) is 0.517. The van der Waals surface area contributed by atoms with Gasteiger partial charge in [0.05, 0.1) is 0 Å². The zero-order chi connectivity index (χ0) is 11.0. The molecule has 0 bridgehead atoms. The first-order valence-electron chi connectivity index (χ1n) is 5.11. The molecule has 0 fully saturated rings. The number of aromatic hydroxyl groups is 1. The van der Waals surface area contributed by atoms with Gasteiger partial charge in [-0.15, -0.1) is 0 Å². The molecule has 0 amide bonds. The van der Waals surface area contributed by atoms with E-state index >= 15 is 0 Å². The number of phenolic OH excluding ortho intramolecular Hbond substituents is 1. The predicted molar refractivity (Wildman–Crippen MR) is 63.6 cm³/mol. The van der Waals surface area contributed by atoms with Gasteiger partial charge in [0.1, 0.15) is 0 Å². The molecule has 3 rings (SSSR count). The van der Waals surface area contributed by atoms with E-state index in [1.165, 1.54) is 0 Å². The zero-order valence-corrected chi connectivity index (χ0v) is 8.55. The van der Waals surface area contributed by atoms with Crippen LogP contribution in [0.15, 0.2) is 42.5 Å². The second kappa shape index (κ2) is 3.42. The highest BCUT2D eigenvalue weighted by Gasteiger charge is 2.27. The van der Waals surface area contributed by atoms with E-state index in [1.54, 1.807) is 6.07 Å². The SMILES string of the molecule is Oc1ccc(/C=C/c2ccccc2)c2c1O2. The molecule has 0 atom stereocenters. The van der Waals surface area contributed by atoms with Crippen LogP contribution in [0.1, 0.15) is 11.1 Å². The molecule has 0 aromatic heterocycles. The first-order valence-corrected chi connectivity index (χ1v) is 5.11. The molecule has 0 unspecified atom stereocenters. The lowest BCUT2D eigenvalue weighted by Crippen LogP contribution is -1.69. The van der Waals surface area contributed by atoms with E-state index in [9.17, 15) is 5.11 Å². The fourth-order valence-corrected chi connectivity index (χ4v) is 1.64. The number of fused-ring (bicyclic) bond motifs is 1. The summed E-state index contributed by atoms with van der Waals surface area (Å²) in [6, 6.07) is 13.6. The van der Waals surface area contributed by atoms with E-state index < -0.39 is 0 Å². The third kappa shape index (κ3) is 1.54. The Morgan fingerprint density at radius 2 is 1.69 bits per heavy atom. The number of hydrogen-bond acceptors (Lipinski definition) is 2. The lowest BCUT2D eigenvalue weighted by Gasteiger charge is -1.91. The third-order valence-corrected chi connectivity index (χ3v) is 2.54. The monoisotopic (exact) mass is 210 g/mol. The highest BCUT2D eigenvalue weighted by molar-refractivity contribution is 5.80. The molecule has 0 radical (unpaired) electrons. The Kier molecular flexibility index (Phi) is 1.93. The van der Waals surface area contributed by atoms with Gasteiger partial charge < -0.3 is 9.84 Å². The largest absolute Gasteiger partial charge is 0.504 e. The average Bonchev–Trinajstić information content (AvgIpc) is 3.11. The lowest BCUT2D eigenvalue weighted by atomic mass is 10.1. The first kappa shape index (κ1) is 9.04. The highest BCUT2D eigenvalue weighted by atomic mass is 16.6. The molecule has 0 saturated carbocycles. The van der Waals surface area contributed by atoms with E-state index in [0.717, 1.165) is 16.9 Å². The normalized spacial score (nSPS) is 12.2. The van der Waals surface area contributed by atoms with Crippen LogP contribution in [0.3, 0.4) is 0 Å². The van der Waals surface area contributed by atoms with Gasteiger partial charge in [0, 0.05) is 5.56 Å². The summed E-state index contributed by atoms with van der Waals surface area (Å²) < 4.78 is 5.19. The van der Waals surface area contributed by atoms with Gasteiger partial charge in [-0.2, -0.15) is 0 Å². The summed E-state index contributed by atoms with van der Waals surface area (Å²) in [4.78, 5) is 0. The van der Waals surface area contributed by atoms with Crippen LogP contribution in [-0.2, 0) is 0 Å². The van der Waals surface area contributed by atoms with E-state index in [1.807, 2.05) is 48.6 Å². The topological polar surface area (TPSA) is 32.8 Å². The molecule has 2 nitrogen and oxygen atoms in total. The number of rotatable bonds is 2. The molecule has 0 saturated heterocycles. The fraction of sp³-hybridized carbons (Fsp3) is 0. The van der Waals surface area contributed by atoms with E-state index in [2.05, 4.69) is 0 Å². The Hall–Kier alpha value is -2.22. The molecule has 0 spiro atoms. The van der Waals surface area contributed by atoms with Crippen molar-refractivity contribution < 1.29 is 9.84 Å². The molecule has 1 heterocycles. The average molecular weight is 210 g/mol. The molecule has 78 valence electrons. The van der Waals surface area contributed by atoms with Crippen molar-refractivity contribution in [1.82, 2.24) is 0 Å². The van der Waals surface area contributed by atoms with Crippen molar-refractivity contribution in [2.45, 2.75) is 0 Å². The molecule has 0 aliphatic carbocycles. The van der Waals surface area contributed by atoms with Crippen LogP contribution in [0, 0.1) is 0 Å². The summed E-state index contributed by atoms with van der Waals surface area (Å²) in [5, 5.41) is 9.33. The molecule has 2 aromatic carbocycles. The molecule has 1 N–H and O–H groups in total. The van der Waals surface area contributed by atoms with Crippen LogP contribution in [0.25, 0.3) is 12.2 Å². The van der Waals surface area contributed by atoms with E-state index in [0.29, 0.717) is 5.75 Å². The van der Waals surface area contributed by atoms with Gasteiger partial charge in [-0.05, 0) is 17.7 Å². The van der Waals surface area contributed by atoms with Crippen LogP contribution < -0.4 is 4.74 Å². The third-order valence-electron chi connectivity index (χ3n) is 2.54. The van der Waals surface area contributed by atoms with Crippen LogP contribution in [-0.4, -0.2) is 5.11 Å². The minimum atomic E-state index is 0.215. The van der Waals surface area contributed by atoms with Gasteiger partial charge in [-0.1, -0.05) is 42.5 Å². The number of phenols is 1. The van der Waals surface area contributed by atoms with Crippen LogP contribution in [0.2, 0.25) is 0 Å². The Morgan fingerprint density at radius 1 is 0.875 bits per heavy atom. The lowest BCUT2D eigenvalue weighted by molar-refractivity contribution is 0.463. The van der Waals surface area contributed by atoms with Crippen molar-refractivity contribution >= 4 is 12.2 Å². The van der Waals surface area contributed by atoms with Gasteiger partial charge in [0.15, 0.2) is 11.5 Å². The molecule has 16 heavy (non-hydrogen) atoms. The Labute approximate surface area is 93.4 Å². The highest BCUT2D eigenvalue weighted by Crippen LogP contribution is 2.54. The standard InChI is InChI=1S/C14H10O2/c15-12-9-8-11(13-14(12)16-13)7-6-10-4-2-1-3-5-10/h1-9,15H/b7-6+. The van der Waals surface area contributed by atoms with Crippen LogP contribution >= 0.6 is 0 Å². The molecule has 2 aromatic rings. The van der Waals surface area contributed by atoms with Crippen LogP contribution in [0.5, 0.6) is 17.2 Å². The molecule has 1 aliphatic heterocycles. The van der Waals surface area contributed by atoms with Crippen molar-refractivity contribution in [3.8, 4) is 17.2 Å². The van der Waals surface area contributed by atoms with Crippen molar-refractivity contribution in [2.24, 2.45) is 0 Å². The zero-order valence-electron chi connectivity index (χ0n) is 8.55. The summed E-state index contributed by atoms with van der Waals surface area (Å²) in [5.74, 6) is 1.61. The van der Waals surface area contributed by atoms with Crippen molar-refractivity contribution in [3.05, 3.63) is 53.6 Å². The summed E-state index contributed by atoms with van der Waals surface area (Å²) in [5.41, 5.74) is 2.14. The number of hydrogen-bond donors (Lipinski definition) is 1. The maximum absolute atomic E-state index is 9.33. The minimum Gasteiger partial charge on any atom is -0.504 e. The number of ether oxygens (including phenoxy) is 1. The Morgan fingerprint density at radius 3 is 2.50 bits per heavy atom. The van der Waals surface area contributed by atoms with Crippen molar-refractivity contribution in [1.29, 1.82) is 0 Å². The Balaban J connectivity index is 1.89. The van der Waals surface area contributed by atoms with Gasteiger partial charge in [0.2, 0.25) is 5.75 Å².